The lowest BCUT2D eigenvalue weighted by molar-refractivity contribution is -0.282. The molecule has 3 aliphatic rings. The minimum atomic E-state index is -4.20. The number of unbranched alkanes of at least 4 members (excludes halogenated alkanes) is 12. The first-order valence-corrected chi connectivity index (χ1v) is 33.4. The van der Waals surface area contributed by atoms with Crippen molar-refractivity contribution in [2.75, 3.05) is 93.1 Å². The zero-order valence-electron chi connectivity index (χ0n) is 53.0. The van der Waals surface area contributed by atoms with Crippen molar-refractivity contribution in [2.24, 2.45) is 17.8 Å². The third-order valence-corrected chi connectivity index (χ3v) is 16.7. The van der Waals surface area contributed by atoms with Crippen molar-refractivity contribution >= 4 is 36.9 Å². The molecule has 97 heavy (non-hydrogen) atoms. The zero-order valence-corrected chi connectivity index (χ0v) is 53.9. The van der Waals surface area contributed by atoms with Crippen LogP contribution in [0.2, 0.25) is 0 Å². The van der Waals surface area contributed by atoms with Crippen molar-refractivity contribution in [2.45, 2.75) is 302 Å². The van der Waals surface area contributed by atoms with Gasteiger partial charge in [0.05, 0.1) is 84.2 Å². The second kappa shape index (κ2) is 64.4. The summed E-state index contributed by atoms with van der Waals surface area (Å²) in [4.78, 5) is 68.5. The molecule has 3 aliphatic heterocycles. The Morgan fingerprint density at radius 2 is 0.649 bits per heavy atom. The van der Waals surface area contributed by atoms with E-state index in [0.717, 1.165) is 103 Å². The van der Waals surface area contributed by atoms with Gasteiger partial charge in [-0.25, -0.2) is 4.57 Å². The minimum Gasteiger partial charge on any atom is -0.394 e. The molecule has 0 spiro atoms. The highest BCUT2D eigenvalue weighted by Crippen LogP contribution is 2.41. The van der Waals surface area contributed by atoms with Crippen LogP contribution in [0.15, 0.2) is 0 Å². The number of hydrogen-bond acceptors (Lipinski definition) is 26. The van der Waals surface area contributed by atoms with Gasteiger partial charge < -0.3 is 98.8 Å². The molecule has 586 valence electrons. The number of ether oxygens (including phenoxy) is 9. The number of carbonyl (C=O) groups is 5. The average molecular weight is 1440 g/mol. The van der Waals surface area contributed by atoms with Crippen molar-refractivity contribution in [3.63, 3.8) is 0 Å². The van der Waals surface area contributed by atoms with E-state index in [9.17, 15) is 74.5 Å². The molecule has 0 aromatic heterocycles. The van der Waals surface area contributed by atoms with Gasteiger partial charge in [-0.3, -0.25) is 33.0 Å². The SMILES string of the molecule is C.C.C.C.C.C.C.C.COP(=O)(O)OCNC(=O)CC(=O)CCOCCC(=O)CCCCCCCO[C@@H]1OC(CO)[C@H](O)C(O)[C@@H]1C.C[C@H]1C(O)[C@@H](O)C(CO)O[C@H]1OCCCCCCCC(=O)CCOCCOCCC(=O)CCCCCCCO[C@@H]1OC(CO)[C@H](O)C(O)[C@@H]1C. The lowest BCUT2D eigenvalue weighted by Crippen LogP contribution is -2.55. The lowest BCUT2D eigenvalue weighted by Gasteiger charge is -2.40. The maximum absolute atomic E-state index is 12.1. The Balaban J connectivity index is -0.000000316. The predicted octanol–water partition coefficient (Wildman–Crippen LogP) is 7.47. The largest absolute Gasteiger partial charge is 0.473 e. The Labute approximate surface area is 583 Å². The van der Waals surface area contributed by atoms with Crippen LogP contribution in [0.3, 0.4) is 0 Å². The number of carbonyl (C=O) groups excluding carboxylic acids is 5. The summed E-state index contributed by atoms with van der Waals surface area (Å²) >= 11 is 0. The number of aliphatic hydroxyl groups is 9. The van der Waals surface area contributed by atoms with Gasteiger partial charge >= 0.3 is 7.82 Å². The van der Waals surface area contributed by atoms with E-state index in [1.807, 2.05) is 0 Å². The number of aliphatic hydroxyl groups excluding tert-OH is 9. The van der Waals surface area contributed by atoms with Crippen LogP contribution in [0.1, 0.15) is 228 Å². The molecule has 1 amide bonds. The molecule has 3 heterocycles. The smallest absolute Gasteiger partial charge is 0.394 e. The Kier molecular flexibility index (Phi) is 71.7. The third-order valence-electron chi connectivity index (χ3n) is 15.8. The summed E-state index contributed by atoms with van der Waals surface area (Å²) in [5, 5.41) is 89.9. The van der Waals surface area contributed by atoms with E-state index < -0.39 is 125 Å². The molecule has 0 aromatic rings. The fourth-order valence-corrected chi connectivity index (χ4v) is 10.1. The molecule has 28 nitrogen and oxygen atoms in total. The molecular formula is C68H142NO27P. The summed E-state index contributed by atoms with van der Waals surface area (Å²) in [5.41, 5.74) is 0. The molecule has 0 bridgehead atoms. The fourth-order valence-electron chi connectivity index (χ4n) is 9.81. The minimum absolute atomic E-state index is 0. The maximum atomic E-state index is 12.1. The number of phosphoric ester groups is 1. The number of nitrogens with one attached hydrogen (secondary N) is 1. The summed E-state index contributed by atoms with van der Waals surface area (Å²) in [6.45, 7) is 6.58. The van der Waals surface area contributed by atoms with E-state index in [4.69, 9.17) is 47.5 Å². The molecule has 0 aliphatic carbocycles. The number of hydrogen-bond donors (Lipinski definition) is 11. The highest BCUT2D eigenvalue weighted by molar-refractivity contribution is 7.47. The number of ketones is 4. The molecule has 3 rings (SSSR count). The second-order valence-corrected chi connectivity index (χ2v) is 24.6. The fraction of sp³-hybridized carbons (Fsp3) is 0.926. The van der Waals surface area contributed by atoms with Gasteiger partial charge in [0.15, 0.2) is 18.9 Å². The number of rotatable bonds is 51. The van der Waals surface area contributed by atoms with Gasteiger partial charge in [0.25, 0.3) is 0 Å². The Hall–Kier alpha value is -2.46. The van der Waals surface area contributed by atoms with Gasteiger partial charge in [0, 0.05) is 89.6 Å². The summed E-state index contributed by atoms with van der Waals surface area (Å²) in [6.07, 6.45) is 4.40. The lowest BCUT2D eigenvalue weighted by atomic mass is 9.92. The predicted molar refractivity (Wildman–Crippen MR) is 372 cm³/mol. The molecular weight excluding hydrogens is 1290 g/mol. The van der Waals surface area contributed by atoms with Gasteiger partial charge in [0.1, 0.15) is 66.5 Å². The summed E-state index contributed by atoms with van der Waals surface area (Å²) in [5.74, 6) is -1.81. The van der Waals surface area contributed by atoms with Crippen LogP contribution in [0.5, 0.6) is 0 Å². The Morgan fingerprint density at radius 3 is 0.938 bits per heavy atom. The monoisotopic (exact) mass is 1440 g/mol. The van der Waals surface area contributed by atoms with Crippen LogP contribution in [0.25, 0.3) is 0 Å². The first-order valence-electron chi connectivity index (χ1n) is 31.9. The number of amides is 1. The van der Waals surface area contributed by atoms with Crippen molar-refractivity contribution in [3.8, 4) is 0 Å². The quantitative estimate of drug-likeness (QED) is 0.0122. The van der Waals surface area contributed by atoms with E-state index in [2.05, 4.69) is 14.4 Å². The maximum Gasteiger partial charge on any atom is 0.473 e. The highest BCUT2D eigenvalue weighted by atomic mass is 31.2. The van der Waals surface area contributed by atoms with Crippen LogP contribution in [-0.4, -0.2) is 247 Å². The van der Waals surface area contributed by atoms with Crippen LogP contribution in [0, 0.1) is 17.8 Å². The van der Waals surface area contributed by atoms with Gasteiger partial charge in [-0.2, -0.15) is 0 Å². The normalized spacial score (nSPS) is 25.4. The first kappa shape index (κ1) is 108. The summed E-state index contributed by atoms with van der Waals surface area (Å²) < 4.78 is 69.7. The van der Waals surface area contributed by atoms with Crippen molar-refractivity contribution < 1.29 is 131 Å². The van der Waals surface area contributed by atoms with Crippen molar-refractivity contribution in [1.82, 2.24) is 5.32 Å². The Bertz CT molecular complexity index is 1870. The number of phosphoric acid groups is 1. The molecule has 0 saturated carbocycles. The molecule has 11 N–H and O–H groups in total. The molecule has 7 unspecified atom stereocenters. The summed E-state index contributed by atoms with van der Waals surface area (Å²) in [7, 11) is -3.22. The highest BCUT2D eigenvalue weighted by Gasteiger charge is 2.44. The standard InChI is InChI=1S/C36H66O14.C24H44NO13P.8CH4/c1-25-31(41)33(43)29(23-37)49-35(25)47-17-11-7-3-5-9-13-27(39)15-19-45-21-22-46-20-16-28(40)14-10-6-4-8-12-18-48-36-26(2)32(42)34(44)30(24-38)50-36;1-17-22(30)23(31)20(15-26)38-24(17)36-11-7-5-3-4-6-8-18(27)9-12-35-13-10-19(28)14-21(29)25-16-37-39(32,33)34-2;;;;;;;;/h25-26,29-38,41-44H,3-24H2,1-2H3;17,20,22-24,26,30-31H,3-16H2,1-2H3,(H,25,29)(H,32,33);8*1H4/t25-,26-,29?,30?,31?,32?,33-,34-,35+,36+;17-,20?,22?,23-,24+;;;;;;;;/m00......../s1. The molecule has 16 atom stereocenters. The molecule has 3 saturated heterocycles. The van der Waals surface area contributed by atoms with Crippen molar-refractivity contribution in [1.29, 1.82) is 0 Å². The van der Waals surface area contributed by atoms with Crippen molar-refractivity contribution in [3.05, 3.63) is 0 Å². The topological polar surface area (TPSA) is 418 Å². The van der Waals surface area contributed by atoms with Crippen LogP contribution < -0.4 is 5.32 Å². The van der Waals surface area contributed by atoms with E-state index in [1.54, 1.807) is 20.8 Å². The Morgan fingerprint density at radius 1 is 0.381 bits per heavy atom. The van der Waals surface area contributed by atoms with Gasteiger partial charge in [-0.05, 0) is 38.5 Å². The van der Waals surface area contributed by atoms with E-state index in [-0.39, 0.29) is 122 Å². The van der Waals surface area contributed by atoms with Crippen LogP contribution in [0.4, 0.5) is 0 Å². The number of Topliss-reactive ketones (excluding diaryl/α,β-unsaturated/α-hetero) is 4. The first-order chi connectivity index (χ1) is 42.6. The zero-order chi connectivity index (χ0) is 66.0. The third kappa shape index (κ3) is 46.7. The van der Waals surface area contributed by atoms with E-state index in [0.29, 0.717) is 78.4 Å². The van der Waals surface area contributed by atoms with Gasteiger partial charge in [-0.1, -0.05) is 138 Å². The summed E-state index contributed by atoms with van der Waals surface area (Å²) in [6, 6.07) is 0. The van der Waals surface area contributed by atoms with E-state index >= 15 is 0 Å². The average Bonchev–Trinajstić information content (AvgIpc) is 0.853. The van der Waals surface area contributed by atoms with Crippen LogP contribution in [-0.2, 0) is 80.2 Å². The molecule has 0 radical (unpaired) electrons. The van der Waals surface area contributed by atoms with E-state index in [1.165, 1.54) is 0 Å². The molecule has 29 heteroatoms. The second-order valence-electron chi connectivity index (χ2n) is 23.1. The molecule has 0 aromatic carbocycles. The van der Waals surface area contributed by atoms with Gasteiger partial charge in [-0.15, -0.1) is 0 Å². The van der Waals surface area contributed by atoms with Crippen LogP contribution >= 0.6 is 7.82 Å². The molecule has 3 fully saturated rings. The van der Waals surface area contributed by atoms with Gasteiger partial charge in [0.2, 0.25) is 5.91 Å².